The zero-order valence-electron chi connectivity index (χ0n) is 32.3. The van der Waals surface area contributed by atoms with Gasteiger partial charge in [-0.05, 0) is 163 Å². The maximum atomic E-state index is 16.1. The predicted octanol–water partition coefficient (Wildman–Crippen LogP) is 12.7. The molecule has 0 saturated heterocycles. The van der Waals surface area contributed by atoms with Crippen LogP contribution in [-0.2, 0) is 9.84 Å². The summed E-state index contributed by atoms with van der Waals surface area (Å²) in [7, 11) is -3.80. The minimum atomic E-state index is -3.80. The van der Waals surface area contributed by atoms with Gasteiger partial charge in [0.2, 0.25) is 9.84 Å². The van der Waals surface area contributed by atoms with E-state index in [2.05, 4.69) is 118 Å². The van der Waals surface area contributed by atoms with Crippen LogP contribution in [0.15, 0.2) is 119 Å². The molecule has 3 heterocycles. The second-order valence-electron chi connectivity index (χ2n) is 20.0. The first-order valence-electron chi connectivity index (χ1n) is 22.1. The van der Waals surface area contributed by atoms with Gasteiger partial charge < -0.3 is 9.13 Å². The third kappa shape index (κ3) is 3.23. The van der Waals surface area contributed by atoms with E-state index in [0.29, 0.717) is 44.8 Å². The summed E-state index contributed by atoms with van der Waals surface area (Å²) in [5.41, 5.74) is 14.8. The predicted molar refractivity (Wildman–Crippen MR) is 230 cm³/mol. The summed E-state index contributed by atoms with van der Waals surface area (Å²) in [5, 5.41) is 5.04. The normalized spacial score (nSPS) is 31.9. The fraction of sp³-hybridized carbons (Fsp3) is 0.321. The fourth-order valence-corrected chi connectivity index (χ4v) is 18.6. The Kier molecular flexibility index (Phi) is 5.23. The van der Waals surface area contributed by atoms with E-state index in [-0.39, 0.29) is 5.92 Å². The Hall–Kier alpha value is -5.13. The number of para-hydroxylation sites is 4. The molecule has 16 rings (SSSR count). The number of fused-ring (bicyclic) bond motifs is 20. The van der Waals surface area contributed by atoms with Crippen molar-refractivity contribution in [2.24, 2.45) is 29.1 Å². The SMILES string of the molecule is O=S1(=O)c2c(cc(-n3c4ccccc4c4ccccc43)c3c2C2CC4CC(C2)C3C4)-c2cc(-n3c4ccccc4c4ccccc43)c3c(c21)C1CC2CC4CC3C24C1. The first-order chi connectivity index (χ1) is 28.5. The lowest BCUT2D eigenvalue weighted by molar-refractivity contribution is -0.146. The van der Waals surface area contributed by atoms with Crippen LogP contribution in [0, 0.1) is 29.1 Å². The highest BCUT2D eigenvalue weighted by Crippen LogP contribution is 2.83. The molecule has 2 aromatic heterocycles. The van der Waals surface area contributed by atoms with E-state index in [0.717, 1.165) is 42.2 Å². The molecule has 9 unspecified atom stereocenters. The van der Waals surface area contributed by atoms with E-state index in [4.69, 9.17) is 0 Å². The van der Waals surface area contributed by atoms with Crippen LogP contribution >= 0.6 is 0 Å². The highest BCUT2D eigenvalue weighted by atomic mass is 32.2. The Bertz CT molecular complexity index is 3300. The molecule has 0 radical (unpaired) electrons. The van der Waals surface area contributed by atoms with Gasteiger partial charge in [-0.3, -0.25) is 0 Å². The lowest BCUT2D eigenvalue weighted by Crippen LogP contribution is -2.59. The molecule has 0 amide bonds. The van der Waals surface area contributed by atoms with Crippen LogP contribution in [0.25, 0.3) is 66.1 Å². The molecule has 282 valence electrons. The number of benzene rings is 6. The van der Waals surface area contributed by atoms with Crippen molar-refractivity contribution in [3.05, 3.63) is 131 Å². The molecule has 0 N–H and O–H groups in total. The van der Waals surface area contributed by atoms with E-state index in [1.807, 2.05) is 0 Å². The molecule has 8 aliphatic rings. The Labute approximate surface area is 337 Å². The Morgan fingerprint density at radius 3 is 1.59 bits per heavy atom. The van der Waals surface area contributed by atoms with Gasteiger partial charge in [0, 0.05) is 32.7 Å². The maximum absolute atomic E-state index is 16.1. The summed E-state index contributed by atoms with van der Waals surface area (Å²) < 4.78 is 37.3. The molecule has 7 aliphatic carbocycles. The molecule has 4 nitrogen and oxygen atoms in total. The van der Waals surface area contributed by atoms with Crippen molar-refractivity contribution in [3.63, 3.8) is 0 Å². The minimum Gasteiger partial charge on any atom is -0.309 e. The standard InChI is InChI=1S/C53H42N2O2S/c56-58(57)51-38(24-45(49-37-19-27-17-28(37)20-29(18-27)47(49)51)54-41-13-5-1-9-33(41)34-10-2-6-14-42(34)54)39-25-46(55-43-15-7-3-11-35(43)36-12-4-8-16-44(36)55)50-40-23-32-22-31-21-30(26-53(31,32)40)48(50)52(39)58/h1-16,24-25,27-32,37,40H,17-23,26H2. The van der Waals surface area contributed by atoms with Gasteiger partial charge in [-0.25, -0.2) is 8.42 Å². The maximum Gasteiger partial charge on any atom is 0.208 e. The van der Waals surface area contributed by atoms with Crippen LogP contribution in [0.1, 0.15) is 97.3 Å². The van der Waals surface area contributed by atoms with Crippen molar-refractivity contribution in [2.45, 2.75) is 84.8 Å². The molecule has 9 atom stereocenters. The van der Waals surface area contributed by atoms with Crippen molar-refractivity contribution in [3.8, 4) is 22.5 Å². The summed E-state index contributed by atoms with van der Waals surface area (Å²) in [6.45, 7) is 0. The number of aromatic nitrogens is 2. The monoisotopic (exact) mass is 770 g/mol. The van der Waals surface area contributed by atoms with Crippen molar-refractivity contribution in [1.82, 2.24) is 9.13 Å². The van der Waals surface area contributed by atoms with Crippen molar-refractivity contribution < 1.29 is 8.42 Å². The first kappa shape index (κ1) is 30.9. The molecule has 5 bridgehead atoms. The molecule has 58 heavy (non-hydrogen) atoms. The Morgan fingerprint density at radius 2 is 1.02 bits per heavy atom. The van der Waals surface area contributed by atoms with Crippen LogP contribution in [0.4, 0.5) is 0 Å². The second kappa shape index (κ2) is 9.83. The van der Waals surface area contributed by atoms with Gasteiger partial charge in [0.05, 0.1) is 43.2 Å². The van der Waals surface area contributed by atoms with E-state index < -0.39 is 9.84 Å². The topological polar surface area (TPSA) is 44.0 Å². The highest BCUT2D eigenvalue weighted by molar-refractivity contribution is 7.92. The van der Waals surface area contributed by atoms with Gasteiger partial charge in [-0.15, -0.1) is 0 Å². The van der Waals surface area contributed by atoms with Crippen LogP contribution in [0.5, 0.6) is 0 Å². The summed E-state index contributed by atoms with van der Waals surface area (Å²) in [6.07, 6.45) is 9.58. The van der Waals surface area contributed by atoms with Gasteiger partial charge >= 0.3 is 0 Å². The second-order valence-corrected chi connectivity index (χ2v) is 21.8. The van der Waals surface area contributed by atoms with E-state index in [1.165, 1.54) is 109 Å². The van der Waals surface area contributed by atoms with Crippen LogP contribution < -0.4 is 0 Å². The van der Waals surface area contributed by atoms with Gasteiger partial charge in [-0.2, -0.15) is 0 Å². The number of rotatable bonds is 2. The number of hydrogen-bond donors (Lipinski definition) is 0. The zero-order valence-corrected chi connectivity index (χ0v) is 33.1. The smallest absolute Gasteiger partial charge is 0.208 e. The fourth-order valence-electron chi connectivity index (χ4n) is 16.3. The van der Waals surface area contributed by atoms with E-state index >= 15 is 8.42 Å². The van der Waals surface area contributed by atoms with Crippen LogP contribution in [-0.4, -0.2) is 17.6 Å². The van der Waals surface area contributed by atoms with Crippen molar-refractivity contribution in [2.75, 3.05) is 0 Å². The molecular weight excluding hydrogens is 729 g/mol. The van der Waals surface area contributed by atoms with Crippen LogP contribution in [0.3, 0.4) is 0 Å². The van der Waals surface area contributed by atoms with Crippen molar-refractivity contribution in [1.29, 1.82) is 0 Å². The molecule has 8 aromatic rings. The zero-order chi connectivity index (χ0) is 37.6. The molecular formula is C53H42N2O2S. The highest BCUT2D eigenvalue weighted by Gasteiger charge is 2.73. The van der Waals surface area contributed by atoms with Gasteiger partial charge in [0.1, 0.15) is 0 Å². The minimum absolute atomic E-state index is 0.286. The summed E-state index contributed by atoms with van der Waals surface area (Å²) in [6, 6.07) is 40.3. The molecule has 1 aliphatic heterocycles. The molecule has 6 aromatic carbocycles. The van der Waals surface area contributed by atoms with Gasteiger partial charge in [0.25, 0.3) is 0 Å². The Balaban J connectivity index is 1.08. The van der Waals surface area contributed by atoms with Gasteiger partial charge in [-0.1, -0.05) is 72.8 Å². The van der Waals surface area contributed by atoms with Crippen molar-refractivity contribution >= 4 is 53.4 Å². The number of hydrogen-bond acceptors (Lipinski definition) is 2. The van der Waals surface area contributed by atoms with E-state index in [1.54, 1.807) is 0 Å². The number of nitrogens with zero attached hydrogens (tertiary/aromatic N) is 2. The van der Waals surface area contributed by atoms with E-state index in [9.17, 15) is 0 Å². The average Bonchev–Trinajstić information content (AvgIpc) is 3.99. The van der Waals surface area contributed by atoms with Gasteiger partial charge in [0.15, 0.2) is 0 Å². The third-order valence-corrected chi connectivity index (χ3v) is 20.1. The Morgan fingerprint density at radius 1 is 0.500 bits per heavy atom. The number of sulfone groups is 1. The lowest BCUT2D eigenvalue weighted by Gasteiger charge is -2.68. The van der Waals surface area contributed by atoms with Crippen LogP contribution in [0.2, 0.25) is 0 Å². The average molecular weight is 771 g/mol. The molecule has 5 saturated carbocycles. The molecule has 1 spiro atoms. The molecule has 5 fully saturated rings. The quantitative estimate of drug-likeness (QED) is 0.176. The lowest BCUT2D eigenvalue weighted by atomic mass is 9.36. The summed E-state index contributed by atoms with van der Waals surface area (Å²) in [4.78, 5) is 1.38. The first-order valence-corrected chi connectivity index (χ1v) is 23.6. The third-order valence-electron chi connectivity index (χ3n) is 18.1. The summed E-state index contributed by atoms with van der Waals surface area (Å²) >= 11 is 0. The summed E-state index contributed by atoms with van der Waals surface area (Å²) in [5.74, 6) is 4.26. The molecule has 5 heteroatoms. The largest absolute Gasteiger partial charge is 0.309 e.